The first-order valence-corrected chi connectivity index (χ1v) is 6.91. The van der Waals surface area contributed by atoms with Crippen LogP contribution in [0.5, 0.6) is 5.75 Å². The van der Waals surface area contributed by atoms with Crippen molar-refractivity contribution in [2.45, 2.75) is 13.5 Å². The summed E-state index contributed by atoms with van der Waals surface area (Å²) in [7, 11) is 0. The molecule has 0 unspecified atom stereocenters. The van der Waals surface area contributed by atoms with Crippen LogP contribution in [0.15, 0.2) is 53.6 Å². The second-order valence-corrected chi connectivity index (χ2v) is 5.02. The molecule has 5 heteroatoms. The number of hydrazone groups is 1. The molecular weight excluding hydrogens is 282 g/mol. The van der Waals surface area contributed by atoms with E-state index in [9.17, 15) is 0 Å². The van der Waals surface area contributed by atoms with E-state index in [2.05, 4.69) is 53.9 Å². The lowest BCUT2D eigenvalue weighted by Crippen LogP contribution is -2.23. The van der Waals surface area contributed by atoms with Crippen LogP contribution in [-0.4, -0.2) is 11.3 Å². The highest BCUT2D eigenvalue weighted by Crippen LogP contribution is 2.13. The largest absolute Gasteiger partial charge is 0.489 e. The van der Waals surface area contributed by atoms with Crippen LogP contribution in [0, 0.1) is 6.92 Å². The summed E-state index contributed by atoms with van der Waals surface area (Å²) in [6.07, 6.45) is 1.64. The minimum Gasteiger partial charge on any atom is -0.489 e. The van der Waals surface area contributed by atoms with Crippen LogP contribution >= 0.6 is 12.2 Å². The summed E-state index contributed by atoms with van der Waals surface area (Å²) in [4.78, 5) is 0. The van der Waals surface area contributed by atoms with Crippen molar-refractivity contribution in [3.8, 4) is 5.75 Å². The van der Waals surface area contributed by atoms with Gasteiger partial charge in [0.15, 0.2) is 5.11 Å². The van der Waals surface area contributed by atoms with Gasteiger partial charge in [0.1, 0.15) is 12.4 Å². The molecule has 0 saturated carbocycles. The van der Waals surface area contributed by atoms with Crippen LogP contribution in [0.1, 0.15) is 16.7 Å². The minimum absolute atomic E-state index is 0.143. The average Bonchev–Trinajstić information content (AvgIpc) is 2.48. The second-order valence-electron chi connectivity index (χ2n) is 4.58. The van der Waals surface area contributed by atoms with Crippen molar-refractivity contribution in [1.82, 2.24) is 5.43 Å². The molecule has 21 heavy (non-hydrogen) atoms. The molecule has 0 aliphatic carbocycles. The molecule has 2 rings (SSSR count). The molecule has 0 radical (unpaired) electrons. The molecule has 0 aliphatic heterocycles. The molecule has 0 saturated heterocycles. The molecule has 0 aliphatic rings. The van der Waals surface area contributed by atoms with E-state index in [0.717, 1.165) is 16.9 Å². The number of nitrogens with one attached hydrogen (secondary N) is 1. The molecule has 2 aromatic rings. The third kappa shape index (κ3) is 5.24. The number of benzene rings is 2. The first kappa shape index (κ1) is 15.0. The topological polar surface area (TPSA) is 59.6 Å². The molecule has 0 aromatic heterocycles. The lowest BCUT2D eigenvalue weighted by molar-refractivity contribution is 0.306. The Labute approximate surface area is 129 Å². The first-order chi connectivity index (χ1) is 10.1. The Morgan fingerprint density at radius 1 is 1.19 bits per heavy atom. The third-order valence-electron chi connectivity index (χ3n) is 2.79. The second kappa shape index (κ2) is 7.40. The highest BCUT2D eigenvalue weighted by Gasteiger charge is 1.96. The summed E-state index contributed by atoms with van der Waals surface area (Å²) < 4.78 is 5.73. The number of nitrogens with two attached hydrogens (primary N) is 1. The number of nitrogens with zero attached hydrogens (tertiary/aromatic N) is 1. The van der Waals surface area contributed by atoms with Crippen molar-refractivity contribution < 1.29 is 4.74 Å². The molecule has 0 bridgehead atoms. The number of hydrogen-bond donors (Lipinski definition) is 2. The standard InChI is InChI=1S/C16H17N3OS/c1-12-2-4-14(5-3-12)11-20-15-8-6-13(7-9-15)10-18-19-16(17)21/h2-10H,11H2,1H3,(H3,17,19,21). The highest BCUT2D eigenvalue weighted by molar-refractivity contribution is 7.80. The minimum atomic E-state index is 0.143. The van der Waals surface area contributed by atoms with Gasteiger partial charge in [-0.15, -0.1) is 0 Å². The van der Waals surface area contributed by atoms with Gasteiger partial charge in [-0.2, -0.15) is 5.10 Å². The Morgan fingerprint density at radius 2 is 1.86 bits per heavy atom. The third-order valence-corrected chi connectivity index (χ3v) is 2.89. The first-order valence-electron chi connectivity index (χ1n) is 6.50. The highest BCUT2D eigenvalue weighted by atomic mass is 32.1. The number of hydrogen-bond acceptors (Lipinski definition) is 3. The van der Waals surface area contributed by atoms with Crippen molar-refractivity contribution >= 4 is 23.5 Å². The van der Waals surface area contributed by atoms with Crippen LogP contribution in [0.4, 0.5) is 0 Å². The van der Waals surface area contributed by atoms with Gasteiger partial charge in [-0.1, -0.05) is 29.8 Å². The van der Waals surface area contributed by atoms with Crippen LogP contribution in [0.25, 0.3) is 0 Å². The molecule has 3 N–H and O–H groups in total. The Balaban J connectivity index is 1.88. The lowest BCUT2D eigenvalue weighted by atomic mass is 10.2. The fraction of sp³-hybridized carbons (Fsp3) is 0.125. The summed E-state index contributed by atoms with van der Waals surface area (Å²) in [6.45, 7) is 2.62. The predicted octanol–water partition coefficient (Wildman–Crippen LogP) is 2.74. The van der Waals surface area contributed by atoms with E-state index in [1.54, 1.807) is 6.21 Å². The van der Waals surface area contributed by atoms with E-state index in [0.29, 0.717) is 6.61 Å². The molecule has 0 spiro atoms. The van der Waals surface area contributed by atoms with Crippen molar-refractivity contribution in [2.75, 3.05) is 0 Å². The van der Waals surface area contributed by atoms with Gasteiger partial charge in [-0.3, -0.25) is 5.43 Å². The van der Waals surface area contributed by atoms with Gasteiger partial charge in [0.25, 0.3) is 0 Å². The van der Waals surface area contributed by atoms with Gasteiger partial charge in [-0.25, -0.2) is 0 Å². The Bertz CT molecular complexity index is 621. The normalized spacial score (nSPS) is 10.5. The summed E-state index contributed by atoms with van der Waals surface area (Å²) >= 11 is 4.65. The van der Waals surface area contributed by atoms with Crippen molar-refractivity contribution in [2.24, 2.45) is 10.8 Å². The van der Waals surface area contributed by atoms with E-state index in [4.69, 9.17) is 10.5 Å². The Kier molecular flexibility index (Phi) is 5.29. The van der Waals surface area contributed by atoms with Gasteiger partial charge in [-0.05, 0) is 54.5 Å². The van der Waals surface area contributed by atoms with Gasteiger partial charge in [0.2, 0.25) is 0 Å². The zero-order valence-electron chi connectivity index (χ0n) is 11.7. The summed E-state index contributed by atoms with van der Waals surface area (Å²) in [5.41, 5.74) is 11.1. The quantitative estimate of drug-likeness (QED) is 0.506. The van der Waals surface area contributed by atoms with E-state index < -0.39 is 0 Å². The zero-order chi connectivity index (χ0) is 15.1. The molecular formula is C16H17N3OS. The fourth-order valence-electron chi connectivity index (χ4n) is 1.67. The smallest absolute Gasteiger partial charge is 0.184 e. The van der Waals surface area contributed by atoms with Gasteiger partial charge in [0, 0.05) is 0 Å². The van der Waals surface area contributed by atoms with Crippen LogP contribution in [-0.2, 0) is 6.61 Å². The SMILES string of the molecule is Cc1ccc(COc2ccc(C=NNC(N)=S)cc2)cc1. The monoisotopic (exact) mass is 299 g/mol. The number of thiocarbonyl (C=S) groups is 1. The van der Waals surface area contributed by atoms with E-state index >= 15 is 0 Å². The fourth-order valence-corrected chi connectivity index (χ4v) is 1.72. The zero-order valence-corrected chi connectivity index (χ0v) is 12.6. The summed E-state index contributed by atoms with van der Waals surface area (Å²) in [5.74, 6) is 0.815. The maximum atomic E-state index is 5.73. The van der Waals surface area contributed by atoms with E-state index in [1.165, 1.54) is 5.56 Å². The maximum absolute atomic E-state index is 5.73. The Morgan fingerprint density at radius 3 is 2.48 bits per heavy atom. The van der Waals surface area contributed by atoms with Crippen molar-refractivity contribution in [3.63, 3.8) is 0 Å². The number of rotatable bonds is 5. The lowest BCUT2D eigenvalue weighted by Gasteiger charge is -2.06. The van der Waals surface area contributed by atoms with Gasteiger partial charge < -0.3 is 10.5 Å². The number of ether oxygens (including phenoxy) is 1. The Hall–Kier alpha value is -2.40. The molecule has 2 aromatic carbocycles. The van der Waals surface area contributed by atoms with Crippen LogP contribution < -0.4 is 15.9 Å². The maximum Gasteiger partial charge on any atom is 0.184 e. The number of aryl methyl sites for hydroxylation is 1. The molecule has 0 fully saturated rings. The molecule has 0 heterocycles. The molecule has 0 amide bonds. The molecule has 0 atom stereocenters. The summed E-state index contributed by atoms with van der Waals surface area (Å²) in [5, 5.41) is 4.03. The summed E-state index contributed by atoms with van der Waals surface area (Å²) in [6, 6.07) is 15.9. The van der Waals surface area contributed by atoms with Crippen molar-refractivity contribution in [3.05, 3.63) is 65.2 Å². The predicted molar refractivity (Wildman–Crippen MR) is 89.5 cm³/mol. The van der Waals surface area contributed by atoms with Crippen LogP contribution in [0.2, 0.25) is 0 Å². The van der Waals surface area contributed by atoms with Crippen molar-refractivity contribution in [1.29, 1.82) is 0 Å². The van der Waals surface area contributed by atoms with Gasteiger partial charge in [0.05, 0.1) is 6.21 Å². The van der Waals surface area contributed by atoms with E-state index in [-0.39, 0.29) is 5.11 Å². The molecule has 108 valence electrons. The van der Waals surface area contributed by atoms with Gasteiger partial charge >= 0.3 is 0 Å². The molecule has 4 nitrogen and oxygen atoms in total. The average molecular weight is 299 g/mol. The van der Waals surface area contributed by atoms with Crippen LogP contribution in [0.3, 0.4) is 0 Å². The van der Waals surface area contributed by atoms with E-state index in [1.807, 2.05) is 24.3 Å².